The zero-order chi connectivity index (χ0) is 17.1. The zero-order valence-electron chi connectivity index (χ0n) is 13.0. The second-order valence-electron chi connectivity index (χ2n) is 5.66. The molecule has 0 unspecified atom stereocenters. The highest BCUT2D eigenvalue weighted by molar-refractivity contribution is 5.73. The average Bonchev–Trinajstić information content (AvgIpc) is 2.59. The standard InChI is InChI=1S/C15H18N4O5/c1-8(20)17-11-12(21)13-10(23-14(11)18-19-16)7-22-15(24-13)9-5-3-2-4-6-9/h2-6,10-15,21H,7H2,1H3,(H,17,20)/t10-,11+,12-,13+,14+,15+/m1/s1. The first kappa shape index (κ1) is 16.7. The number of azide groups is 1. The largest absolute Gasteiger partial charge is 0.388 e. The maximum absolute atomic E-state index is 11.4. The van der Waals surface area contributed by atoms with Gasteiger partial charge in [0.05, 0.1) is 12.6 Å². The second kappa shape index (κ2) is 7.16. The number of carbonyl (C=O) groups excluding carboxylic acids is 1. The average molecular weight is 334 g/mol. The van der Waals surface area contributed by atoms with E-state index in [9.17, 15) is 9.90 Å². The van der Waals surface area contributed by atoms with Crippen molar-refractivity contribution in [2.75, 3.05) is 6.61 Å². The number of hydrogen-bond donors (Lipinski definition) is 2. The van der Waals surface area contributed by atoms with Crippen LogP contribution in [-0.2, 0) is 19.0 Å². The van der Waals surface area contributed by atoms with Crippen LogP contribution in [0.25, 0.3) is 10.4 Å². The quantitative estimate of drug-likeness (QED) is 0.484. The first-order chi connectivity index (χ1) is 11.6. The topological polar surface area (TPSA) is 126 Å². The van der Waals surface area contributed by atoms with Gasteiger partial charge in [-0.25, -0.2) is 0 Å². The van der Waals surface area contributed by atoms with Crippen molar-refractivity contribution in [1.82, 2.24) is 5.32 Å². The lowest BCUT2D eigenvalue weighted by molar-refractivity contribution is -0.314. The summed E-state index contributed by atoms with van der Waals surface area (Å²) in [5, 5.41) is 16.7. The smallest absolute Gasteiger partial charge is 0.217 e. The molecule has 0 aromatic heterocycles. The van der Waals surface area contributed by atoms with Gasteiger partial charge in [-0.05, 0) is 5.53 Å². The minimum absolute atomic E-state index is 0.172. The Hall–Kier alpha value is -2.16. The van der Waals surface area contributed by atoms with E-state index in [1.807, 2.05) is 30.3 Å². The third kappa shape index (κ3) is 3.35. The number of aliphatic hydroxyl groups excluding tert-OH is 1. The lowest BCUT2D eigenvalue weighted by Crippen LogP contribution is -2.65. The fourth-order valence-corrected chi connectivity index (χ4v) is 2.93. The van der Waals surface area contributed by atoms with Gasteiger partial charge in [-0.15, -0.1) is 0 Å². The van der Waals surface area contributed by atoms with Gasteiger partial charge < -0.3 is 24.6 Å². The highest BCUT2D eigenvalue weighted by atomic mass is 16.7. The summed E-state index contributed by atoms with van der Waals surface area (Å²) in [5.41, 5.74) is 9.48. The van der Waals surface area contributed by atoms with Crippen molar-refractivity contribution in [1.29, 1.82) is 0 Å². The van der Waals surface area contributed by atoms with Crippen molar-refractivity contribution in [2.24, 2.45) is 5.11 Å². The van der Waals surface area contributed by atoms with Gasteiger partial charge in [-0.1, -0.05) is 35.4 Å². The summed E-state index contributed by atoms with van der Waals surface area (Å²) in [7, 11) is 0. The molecule has 0 radical (unpaired) electrons. The molecule has 2 N–H and O–H groups in total. The minimum atomic E-state index is -1.10. The lowest BCUT2D eigenvalue weighted by atomic mass is 9.95. The molecule has 2 fully saturated rings. The SMILES string of the molecule is CC(=O)N[C@H]1[C@@H](O)[C@H]2O[C@@H](c3ccccc3)OC[C@H]2O[C@@H]1N=[N+]=[N-]. The highest BCUT2D eigenvalue weighted by Gasteiger charge is 2.49. The van der Waals surface area contributed by atoms with Gasteiger partial charge in [0.25, 0.3) is 0 Å². The van der Waals surface area contributed by atoms with Crippen molar-refractivity contribution in [2.45, 2.75) is 43.8 Å². The van der Waals surface area contributed by atoms with E-state index in [0.29, 0.717) is 0 Å². The van der Waals surface area contributed by atoms with Gasteiger partial charge in [-0.3, -0.25) is 4.79 Å². The highest BCUT2D eigenvalue weighted by Crippen LogP contribution is 2.34. The summed E-state index contributed by atoms with van der Waals surface area (Å²) in [4.78, 5) is 14.1. The summed E-state index contributed by atoms with van der Waals surface area (Å²) in [6.45, 7) is 1.48. The predicted molar refractivity (Wildman–Crippen MR) is 81.4 cm³/mol. The number of rotatable bonds is 3. The van der Waals surface area contributed by atoms with Gasteiger partial charge >= 0.3 is 0 Å². The Morgan fingerprint density at radius 1 is 1.38 bits per heavy atom. The van der Waals surface area contributed by atoms with E-state index in [-0.39, 0.29) is 12.5 Å². The maximum Gasteiger partial charge on any atom is 0.217 e. The molecule has 9 nitrogen and oxygen atoms in total. The first-order valence-corrected chi connectivity index (χ1v) is 7.57. The molecule has 2 saturated heterocycles. The molecule has 1 aromatic carbocycles. The number of nitrogens with zero attached hydrogens (tertiary/aromatic N) is 3. The van der Waals surface area contributed by atoms with Crippen molar-refractivity contribution in [3.05, 3.63) is 46.3 Å². The zero-order valence-corrected chi connectivity index (χ0v) is 13.0. The normalized spacial score (nSPS) is 35.4. The number of carbonyl (C=O) groups is 1. The van der Waals surface area contributed by atoms with Crippen LogP contribution in [0.1, 0.15) is 18.8 Å². The van der Waals surface area contributed by atoms with Crippen molar-refractivity contribution in [3.63, 3.8) is 0 Å². The molecule has 2 aliphatic rings. The van der Waals surface area contributed by atoms with Crippen LogP contribution in [0.2, 0.25) is 0 Å². The molecule has 2 aliphatic heterocycles. The maximum atomic E-state index is 11.4. The number of ether oxygens (including phenoxy) is 3. The van der Waals surface area contributed by atoms with E-state index in [1.165, 1.54) is 6.92 Å². The van der Waals surface area contributed by atoms with Gasteiger partial charge in [0.2, 0.25) is 5.91 Å². The third-order valence-corrected chi connectivity index (χ3v) is 3.99. The summed E-state index contributed by atoms with van der Waals surface area (Å²) in [6.07, 6.45) is -4.08. The monoisotopic (exact) mass is 334 g/mol. The number of fused-ring (bicyclic) bond motifs is 1. The number of benzene rings is 1. The molecule has 3 rings (SSSR count). The van der Waals surface area contributed by atoms with E-state index in [0.717, 1.165) is 5.56 Å². The Morgan fingerprint density at radius 2 is 2.12 bits per heavy atom. The molecular weight excluding hydrogens is 316 g/mol. The lowest BCUT2D eigenvalue weighted by Gasteiger charge is -2.47. The number of amides is 1. The Bertz CT molecular complexity index is 636. The van der Waals surface area contributed by atoms with Crippen LogP contribution in [0.15, 0.2) is 35.4 Å². The third-order valence-electron chi connectivity index (χ3n) is 3.99. The molecule has 1 aromatic rings. The number of nitrogens with one attached hydrogen (secondary N) is 1. The fraction of sp³-hybridized carbons (Fsp3) is 0.533. The van der Waals surface area contributed by atoms with E-state index >= 15 is 0 Å². The van der Waals surface area contributed by atoms with Crippen LogP contribution in [0.5, 0.6) is 0 Å². The van der Waals surface area contributed by atoms with Gasteiger partial charge in [0.15, 0.2) is 12.5 Å². The Labute approximate surface area is 138 Å². The summed E-state index contributed by atoms with van der Waals surface area (Å²) in [6, 6.07) is 8.42. The summed E-state index contributed by atoms with van der Waals surface area (Å²) >= 11 is 0. The molecule has 24 heavy (non-hydrogen) atoms. The van der Waals surface area contributed by atoms with Crippen LogP contribution < -0.4 is 5.32 Å². The van der Waals surface area contributed by atoms with E-state index < -0.39 is 36.9 Å². The van der Waals surface area contributed by atoms with E-state index in [4.69, 9.17) is 19.7 Å². The van der Waals surface area contributed by atoms with Gasteiger partial charge in [0.1, 0.15) is 18.3 Å². The molecule has 0 saturated carbocycles. The number of aliphatic hydroxyl groups is 1. The Morgan fingerprint density at radius 3 is 2.79 bits per heavy atom. The molecule has 0 aliphatic carbocycles. The van der Waals surface area contributed by atoms with Crippen LogP contribution in [0, 0.1) is 0 Å². The van der Waals surface area contributed by atoms with Crippen LogP contribution in [0.3, 0.4) is 0 Å². The fourth-order valence-electron chi connectivity index (χ4n) is 2.93. The minimum Gasteiger partial charge on any atom is -0.388 e. The van der Waals surface area contributed by atoms with Crippen molar-refractivity contribution < 1.29 is 24.1 Å². The molecule has 0 spiro atoms. The van der Waals surface area contributed by atoms with E-state index in [2.05, 4.69) is 15.3 Å². The molecule has 128 valence electrons. The predicted octanol–water partition coefficient (Wildman–Crippen LogP) is 1.00. The molecule has 9 heteroatoms. The molecular formula is C15H18N4O5. The van der Waals surface area contributed by atoms with Crippen LogP contribution in [0.4, 0.5) is 0 Å². The van der Waals surface area contributed by atoms with Gasteiger partial charge in [-0.2, -0.15) is 0 Å². The second-order valence-corrected chi connectivity index (χ2v) is 5.66. The molecule has 6 atom stereocenters. The Balaban J connectivity index is 1.79. The number of hydrogen-bond acceptors (Lipinski definition) is 6. The van der Waals surface area contributed by atoms with Crippen molar-refractivity contribution in [3.8, 4) is 0 Å². The first-order valence-electron chi connectivity index (χ1n) is 7.57. The summed E-state index contributed by atoms with van der Waals surface area (Å²) < 4.78 is 17.1. The Kier molecular flexibility index (Phi) is 4.98. The molecule has 1 amide bonds. The van der Waals surface area contributed by atoms with Crippen LogP contribution in [-0.4, -0.2) is 48.2 Å². The van der Waals surface area contributed by atoms with Crippen LogP contribution >= 0.6 is 0 Å². The van der Waals surface area contributed by atoms with Gasteiger partial charge in [0, 0.05) is 17.4 Å². The van der Waals surface area contributed by atoms with Crippen molar-refractivity contribution >= 4 is 5.91 Å². The summed E-state index contributed by atoms with van der Waals surface area (Å²) in [5.74, 6) is -0.370. The molecule has 2 heterocycles. The molecule has 0 bridgehead atoms. The van der Waals surface area contributed by atoms with E-state index in [1.54, 1.807) is 0 Å².